The van der Waals surface area contributed by atoms with Crippen LogP contribution in [0.2, 0.25) is 0 Å². The topological polar surface area (TPSA) is 38.7 Å². The second-order valence-corrected chi connectivity index (χ2v) is 5.55. The molecule has 18 heavy (non-hydrogen) atoms. The van der Waals surface area contributed by atoms with Crippen LogP contribution in [0, 0.1) is 5.82 Å². The lowest BCUT2D eigenvalue weighted by molar-refractivity contribution is 0.00578. The number of halogens is 1. The van der Waals surface area contributed by atoms with E-state index in [9.17, 15) is 9.50 Å². The van der Waals surface area contributed by atoms with Crippen molar-refractivity contribution >= 4 is 12.6 Å². The van der Waals surface area contributed by atoms with Crippen LogP contribution in [0.5, 0.6) is 0 Å². The van der Waals surface area contributed by atoms with Crippen molar-refractivity contribution in [2.24, 2.45) is 0 Å². The van der Waals surface area contributed by atoms with Crippen molar-refractivity contribution in [1.82, 2.24) is 0 Å². The molecular formula is C13H18BFO3. The minimum Gasteiger partial charge on any atom is -0.399 e. The van der Waals surface area contributed by atoms with E-state index in [0.717, 1.165) is 0 Å². The number of aliphatic hydroxyl groups excluding tert-OH is 1. The lowest BCUT2D eigenvalue weighted by Crippen LogP contribution is -2.41. The van der Waals surface area contributed by atoms with Crippen LogP contribution in [0.4, 0.5) is 4.39 Å². The van der Waals surface area contributed by atoms with Gasteiger partial charge >= 0.3 is 7.12 Å². The van der Waals surface area contributed by atoms with Crippen molar-refractivity contribution in [1.29, 1.82) is 0 Å². The van der Waals surface area contributed by atoms with Crippen LogP contribution in [0.25, 0.3) is 0 Å². The lowest BCUT2D eigenvalue weighted by atomic mass is 9.76. The molecule has 1 fully saturated rings. The van der Waals surface area contributed by atoms with Gasteiger partial charge < -0.3 is 14.4 Å². The number of aliphatic hydroxyl groups is 1. The standard InChI is InChI=1S/C13H18BFO3/c1-12(2)13(3,4)18-14(17-12)10-6-5-7-11(15)9(10)8-16/h5-7,16H,8H2,1-4H3. The summed E-state index contributed by atoms with van der Waals surface area (Å²) in [6.07, 6.45) is 0. The third-order valence-electron chi connectivity index (χ3n) is 3.82. The molecule has 0 atom stereocenters. The first-order valence-electron chi connectivity index (χ1n) is 6.02. The Morgan fingerprint density at radius 1 is 1.17 bits per heavy atom. The fourth-order valence-electron chi connectivity index (χ4n) is 1.93. The molecule has 3 nitrogen and oxygen atoms in total. The minimum atomic E-state index is -0.646. The van der Waals surface area contributed by atoms with Gasteiger partial charge in [0.25, 0.3) is 0 Å². The Balaban J connectivity index is 2.38. The summed E-state index contributed by atoms with van der Waals surface area (Å²) in [5, 5.41) is 9.27. The SMILES string of the molecule is CC1(C)OB(c2cccc(F)c2CO)OC1(C)C. The molecule has 0 aliphatic carbocycles. The molecule has 0 radical (unpaired) electrons. The Kier molecular flexibility index (Phi) is 3.26. The summed E-state index contributed by atoms with van der Waals surface area (Å²) < 4.78 is 25.3. The predicted octanol–water partition coefficient (Wildman–Crippen LogP) is 1.62. The van der Waals surface area contributed by atoms with Crippen LogP contribution >= 0.6 is 0 Å². The molecule has 0 amide bonds. The van der Waals surface area contributed by atoms with Crippen molar-refractivity contribution in [2.45, 2.75) is 45.5 Å². The van der Waals surface area contributed by atoms with E-state index < -0.39 is 24.1 Å². The Labute approximate surface area is 107 Å². The Hall–Kier alpha value is -0.905. The molecule has 1 saturated heterocycles. The van der Waals surface area contributed by atoms with Gasteiger partial charge in [-0.15, -0.1) is 0 Å². The second kappa shape index (κ2) is 4.33. The average molecular weight is 252 g/mol. The van der Waals surface area contributed by atoms with Gasteiger partial charge in [0, 0.05) is 5.56 Å². The molecule has 1 heterocycles. The van der Waals surface area contributed by atoms with E-state index in [-0.39, 0.29) is 12.2 Å². The van der Waals surface area contributed by atoms with Crippen molar-refractivity contribution in [2.75, 3.05) is 0 Å². The van der Waals surface area contributed by atoms with Crippen LogP contribution in [-0.4, -0.2) is 23.4 Å². The zero-order valence-corrected chi connectivity index (χ0v) is 11.2. The first-order chi connectivity index (χ1) is 8.28. The van der Waals surface area contributed by atoms with Gasteiger partial charge in [0.2, 0.25) is 0 Å². The maximum absolute atomic E-state index is 13.6. The van der Waals surface area contributed by atoms with Crippen LogP contribution < -0.4 is 5.46 Å². The van der Waals surface area contributed by atoms with Gasteiger partial charge in [0.15, 0.2) is 0 Å². The normalized spacial score (nSPS) is 21.3. The third kappa shape index (κ3) is 2.07. The molecule has 98 valence electrons. The van der Waals surface area contributed by atoms with E-state index in [0.29, 0.717) is 5.46 Å². The summed E-state index contributed by atoms with van der Waals surface area (Å²) in [4.78, 5) is 0. The molecule has 0 bridgehead atoms. The average Bonchev–Trinajstić information content (AvgIpc) is 2.47. The Morgan fingerprint density at radius 2 is 1.72 bits per heavy atom. The van der Waals surface area contributed by atoms with Crippen LogP contribution in [0.1, 0.15) is 33.3 Å². The third-order valence-corrected chi connectivity index (χ3v) is 3.82. The van der Waals surface area contributed by atoms with E-state index in [1.807, 2.05) is 27.7 Å². The van der Waals surface area contributed by atoms with Crippen molar-refractivity contribution in [3.05, 3.63) is 29.6 Å². The highest BCUT2D eigenvalue weighted by Crippen LogP contribution is 2.36. The van der Waals surface area contributed by atoms with Crippen LogP contribution in [0.15, 0.2) is 18.2 Å². The fourth-order valence-corrected chi connectivity index (χ4v) is 1.93. The van der Waals surface area contributed by atoms with Crippen molar-refractivity contribution in [3.8, 4) is 0 Å². The van der Waals surface area contributed by atoms with E-state index >= 15 is 0 Å². The van der Waals surface area contributed by atoms with E-state index in [2.05, 4.69) is 0 Å². The quantitative estimate of drug-likeness (QED) is 0.813. The summed E-state index contributed by atoms with van der Waals surface area (Å²) in [6.45, 7) is 7.37. The molecule has 0 unspecified atom stereocenters. The second-order valence-electron chi connectivity index (χ2n) is 5.55. The first kappa shape index (κ1) is 13.5. The van der Waals surface area contributed by atoms with Gasteiger partial charge in [-0.25, -0.2) is 4.39 Å². The summed E-state index contributed by atoms with van der Waals surface area (Å²) in [6, 6.07) is 4.63. The highest BCUT2D eigenvalue weighted by Gasteiger charge is 2.52. The molecule has 2 rings (SSSR count). The largest absolute Gasteiger partial charge is 0.495 e. The number of hydrogen-bond donors (Lipinski definition) is 1. The lowest BCUT2D eigenvalue weighted by Gasteiger charge is -2.32. The minimum absolute atomic E-state index is 0.232. The molecule has 5 heteroatoms. The molecule has 1 aromatic carbocycles. The van der Waals surface area contributed by atoms with Crippen molar-refractivity contribution in [3.63, 3.8) is 0 Å². The maximum Gasteiger partial charge on any atom is 0.495 e. The molecule has 0 aromatic heterocycles. The Bertz CT molecular complexity index is 444. The zero-order chi connectivity index (χ0) is 13.6. The van der Waals surface area contributed by atoms with E-state index in [4.69, 9.17) is 9.31 Å². The monoisotopic (exact) mass is 252 g/mol. The molecule has 0 saturated carbocycles. The Morgan fingerprint density at radius 3 is 2.22 bits per heavy atom. The zero-order valence-electron chi connectivity index (χ0n) is 11.2. The van der Waals surface area contributed by atoms with Gasteiger partial charge in [-0.05, 0) is 39.2 Å². The smallest absolute Gasteiger partial charge is 0.399 e. The van der Waals surface area contributed by atoms with E-state index in [1.54, 1.807) is 12.1 Å². The summed E-state index contributed by atoms with van der Waals surface area (Å²) in [7, 11) is -0.646. The molecule has 1 aliphatic rings. The number of benzene rings is 1. The maximum atomic E-state index is 13.6. The molecule has 0 spiro atoms. The first-order valence-corrected chi connectivity index (χ1v) is 6.02. The highest BCUT2D eigenvalue weighted by atomic mass is 19.1. The van der Waals surface area contributed by atoms with E-state index in [1.165, 1.54) is 6.07 Å². The summed E-state index contributed by atoms with van der Waals surface area (Å²) >= 11 is 0. The van der Waals surface area contributed by atoms with Crippen molar-refractivity contribution < 1.29 is 18.8 Å². The molecule has 1 aliphatic heterocycles. The van der Waals surface area contributed by atoms with Gasteiger partial charge in [-0.2, -0.15) is 0 Å². The van der Waals surface area contributed by atoms with Gasteiger partial charge in [0.1, 0.15) is 5.82 Å². The predicted molar refractivity (Wildman–Crippen MR) is 68.0 cm³/mol. The molecule has 1 aromatic rings. The van der Waals surface area contributed by atoms with Crippen LogP contribution in [0.3, 0.4) is 0 Å². The molecular weight excluding hydrogens is 234 g/mol. The number of rotatable bonds is 2. The summed E-state index contributed by atoms with van der Waals surface area (Å²) in [5.41, 5.74) is -0.167. The van der Waals surface area contributed by atoms with Gasteiger partial charge in [0.05, 0.1) is 17.8 Å². The molecule has 1 N–H and O–H groups in total. The van der Waals surface area contributed by atoms with Gasteiger partial charge in [-0.1, -0.05) is 12.1 Å². The highest BCUT2D eigenvalue weighted by molar-refractivity contribution is 6.62. The van der Waals surface area contributed by atoms with Crippen LogP contribution in [-0.2, 0) is 15.9 Å². The fraction of sp³-hybridized carbons (Fsp3) is 0.538. The van der Waals surface area contributed by atoms with Gasteiger partial charge in [-0.3, -0.25) is 0 Å². The number of hydrogen-bond acceptors (Lipinski definition) is 3. The summed E-state index contributed by atoms with van der Waals surface area (Å²) in [5.74, 6) is -0.440.